The Labute approximate surface area is 394 Å². The van der Waals surface area contributed by atoms with E-state index in [0.717, 1.165) is 13.8 Å². The van der Waals surface area contributed by atoms with Crippen LogP contribution in [0.25, 0.3) is 0 Å². The van der Waals surface area contributed by atoms with E-state index in [1.54, 1.807) is 115 Å². The summed E-state index contributed by atoms with van der Waals surface area (Å²) in [7, 11) is 0. The fourth-order valence-electron chi connectivity index (χ4n) is 10.5. The van der Waals surface area contributed by atoms with Crippen LogP contribution in [0.15, 0.2) is 102 Å². The number of alkyl halides is 1. The lowest BCUT2D eigenvalue weighted by Crippen LogP contribution is -2.82. The third-order valence-corrected chi connectivity index (χ3v) is 14.5. The molecule has 0 radical (unpaired) electrons. The number of amides is 1. The average Bonchev–Trinajstić information content (AvgIpc) is 3.28. The minimum Gasteiger partial charge on any atom is -0.461 e. The smallest absolute Gasteiger partial charge is 0.338 e. The molecule has 2 bridgehead atoms. The number of hydrogen-bond acceptors (Lipinski definition) is 15. The zero-order valence-electron chi connectivity index (χ0n) is 37.2. The van der Waals surface area contributed by atoms with Gasteiger partial charge in [0.05, 0.1) is 34.0 Å². The molecule has 16 nitrogen and oxygen atoms in total. The van der Waals surface area contributed by atoms with Crippen molar-refractivity contribution in [1.82, 2.24) is 5.32 Å². The van der Waals surface area contributed by atoms with Gasteiger partial charge in [0, 0.05) is 37.7 Å². The number of ketones is 1. The number of Topliss-reactive ketones (excluding diaryl/α,β-unsaturated/α-hetero) is 1. The summed E-state index contributed by atoms with van der Waals surface area (Å²) < 4.78 is 36.7. The molecule has 350 valence electrons. The van der Waals surface area contributed by atoms with E-state index < -0.39 is 119 Å². The minimum absolute atomic E-state index is 0.0198. The molecule has 66 heavy (non-hydrogen) atoms. The van der Waals surface area contributed by atoms with Crippen LogP contribution in [0, 0.1) is 16.7 Å². The van der Waals surface area contributed by atoms with Crippen molar-refractivity contribution in [2.75, 3.05) is 11.0 Å². The Balaban J connectivity index is 1.42. The lowest BCUT2D eigenvalue weighted by Gasteiger charge is -2.67. The fraction of sp³-hybridized carbons (Fsp3) is 0.449. The number of aliphatic hydroxyl groups excluding tert-OH is 1. The Bertz CT molecular complexity index is 2430. The van der Waals surface area contributed by atoms with E-state index in [1.165, 1.54) is 26.0 Å². The van der Waals surface area contributed by atoms with Crippen molar-refractivity contribution in [2.24, 2.45) is 16.7 Å². The minimum atomic E-state index is -2.43. The second kappa shape index (κ2) is 18.6. The molecule has 2 saturated carbocycles. The van der Waals surface area contributed by atoms with Crippen molar-refractivity contribution in [3.8, 4) is 0 Å². The van der Waals surface area contributed by atoms with Crippen LogP contribution >= 0.6 is 22.6 Å². The number of fused-ring (bicyclic) bond motifs is 5. The van der Waals surface area contributed by atoms with Crippen molar-refractivity contribution in [1.29, 1.82) is 0 Å². The maximum Gasteiger partial charge on any atom is 0.338 e. The molecule has 0 aromatic heterocycles. The van der Waals surface area contributed by atoms with Gasteiger partial charge in [-0.2, -0.15) is 0 Å². The summed E-state index contributed by atoms with van der Waals surface area (Å²) in [6.07, 6.45) is -10.5. The van der Waals surface area contributed by atoms with Crippen LogP contribution in [-0.2, 0) is 52.4 Å². The van der Waals surface area contributed by atoms with Crippen LogP contribution in [0.3, 0.4) is 0 Å². The molecule has 7 rings (SSSR count). The van der Waals surface area contributed by atoms with Gasteiger partial charge in [-0.05, 0) is 54.8 Å². The van der Waals surface area contributed by atoms with Crippen LogP contribution in [0.1, 0.15) is 86.7 Å². The van der Waals surface area contributed by atoms with E-state index in [4.69, 9.17) is 28.4 Å². The molecule has 3 aliphatic carbocycles. The summed E-state index contributed by atoms with van der Waals surface area (Å²) in [6, 6.07) is 22.9. The second-order valence-electron chi connectivity index (χ2n) is 18.0. The number of aliphatic hydroxyl groups is 2. The molecule has 3 fully saturated rings. The summed E-state index contributed by atoms with van der Waals surface area (Å²) in [6.45, 7) is 7.97. The third kappa shape index (κ3) is 8.43. The Kier molecular flexibility index (Phi) is 13.7. The molecule has 3 N–H and O–H groups in total. The Morgan fingerprint density at radius 2 is 1.42 bits per heavy atom. The van der Waals surface area contributed by atoms with Gasteiger partial charge in [-0.3, -0.25) is 24.0 Å². The van der Waals surface area contributed by atoms with Crippen LogP contribution in [-0.4, -0.2) is 111 Å². The van der Waals surface area contributed by atoms with Crippen molar-refractivity contribution >= 4 is 64.1 Å². The van der Waals surface area contributed by atoms with Crippen LogP contribution in [0.5, 0.6) is 0 Å². The molecule has 1 aliphatic heterocycles. The maximum absolute atomic E-state index is 15.9. The number of halogens is 1. The molecular weight excluding hydrogens is 969 g/mol. The van der Waals surface area contributed by atoms with Crippen LogP contribution < -0.4 is 5.32 Å². The van der Waals surface area contributed by atoms with Crippen molar-refractivity contribution in [2.45, 2.75) is 108 Å². The molecular formula is C49H52INO15. The Morgan fingerprint density at radius 3 is 1.97 bits per heavy atom. The number of carbonyl (C=O) groups is 7. The first-order chi connectivity index (χ1) is 31.2. The fourth-order valence-corrected chi connectivity index (χ4v) is 10.7. The van der Waals surface area contributed by atoms with Crippen molar-refractivity contribution < 1.29 is 72.2 Å². The highest BCUT2D eigenvalue weighted by molar-refractivity contribution is 14.1. The first kappa shape index (κ1) is 48.4. The molecule has 3 aromatic carbocycles. The van der Waals surface area contributed by atoms with Crippen LogP contribution in [0.2, 0.25) is 0 Å². The summed E-state index contributed by atoms with van der Waals surface area (Å²) >= 11 is 1.81. The second-order valence-corrected chi connectivity index (χ2v) is 18.7. The number of ether oxygens (including phenoxy) is 6. The molecule has 1 heterocycles. The summed E-state index contributed by atoms with van der Waals surface area (Å²) in [5.74, 6) is -7.66. The van der Waals surface area contributed by atoms with Gasteiger partial charge in [0.25, 0.3) is 5.91 Å². The predicted molar refractivity (Wildman–Crippen MR) is 240 cm³/mol. The van der Waals surface area contributed by atoms with Gasteiger partial charge in [-0.15, -0.1) is 0 Å². The van der Waals surface area contributed by atoms with Gasteiger partial charge in [0.1, 0.15) is 30.0 Å². The average molecular weight is 1020 g/mol. The standard InChI is InChI=1S/C49H52INO15/c1-26-32(63-45(59)38(55)37(29-16-10-7-11-17-29)51-43(57)30-18-12-8-13-19-30)23-49(60)42(65-44(58)31-20-14-9-15-21-31)40-47(6,41(56)39(62-27(2)52)36(26)46(49,4)5)33(64-35(54)24-50)22-34-48(40,25-61-34)66-28(3)53/h7-21,32-34,37-40,42,55,60H,22-25H2,1-6H3,(H,51,57)/t32-,33-,34+,37-,38+,39+,40-,42-,47+,48-,49+/m0/s1. The summed E-state index contributed by atoms with van der Waals surface area (Å²) in [4.78, 5) is 97.9. The van der Waals surface area contributed by atoms with Gasteiger partial charge in [0.15, 0.2) is 23.6 Å². The predicted octanol–water partition coefficient (Wildman–Crippen LogP) is 4.72. The molecule has 0 unspecified atom stereocenters. The zero-order valence-corrected chi connectivity index (χ0v) is 39.3. The van der Waals surface area contributed by atoms with Crippen LogP contribution in [0.4, 0.5) is 0 Å². The first-order valence-electron chi connectivity index (χ1n) is 21.5. The Hall–Kier alpha value is -5.50. The third-order valence-electron chi connectivity index (χ3n) is 13.8. The van der Waals surface area contributed by atoms with E-state index >= 15 is 4.79 Å². The number of esters is 5. The maximum atomic E-state index is 15.9. The number of benzene rings is 3. The Morgan fingerprint density at radius 1 is 0.833 bits per heavy atom. The first-order valence-corrected chi connectivity index (χ1v) is 23.0. The van der Waals surface area contributed by atoms with Gasteiger partial charge in [-0.25, -0.2) is 9.59 Å². The molecule has 1 saturated heterocycles. The number of nitrogens with one attached hydrogen (secondary N) is 1. The topological polar surface area (TPSA) is 227 Å². The highest BCUT2D eigenvalue weighted by Crippen LogP contribution is 2.65. The number of hydrogen-bond donors (Lipinski definition) is 3. The lowest BCUT2D eigenvalue weighted by molar-refractivity contribution is -0.346. The molecule has 17 heteroatoms. The summed E-state index contributed by atoms with van der Waals surface area (Å²) in [5.41, 5.74) is -7.23. The van der Waals surface area contributed by atoms with Crippen molar-refractivity contribution in [3.63, 3.8) is 0 Å². The molecule has 11 atom stereocenters. The summed E-state index contributed by atoms with van der Waals surface area (Å²) in [5, 5.41) is 28.5. The van der Waals surface area contributed by atoms with Gasteiger partial charge in [0.2, 0.25) is 0 Å². The van der Waals surface area contributed by atoms with E-state index in [9.17, 15) is 39.0 Å². The largest absolute Gasteiger partial charge is 0.461 e. The molecule has 1 amide bonds. The van der Waals surface area contributed by atoms with E-state index in [1.807, 2.05) is 0 Å². The quantitative estimate of drug-likeness (QED) is 0.0734. The molecule has 4 aliphatic rings. The van der Waals surface area contributed by atoms with E-state index in [0.29, 0.717) is 5.56 Å². The van der Waals surface area contributed by atoms with E-state index in [2.05, 4.69) is 5.32 Å². The van der Waals surface area contributed by atoms with Gasteiger partial charge in [-0.1, -0.05) is 103 Å². The SMILES string of the molecule is CC(=O)O[C@H]1C(=O)[C@]2(C)[C@@H](OC(=O)CI)C[C@H]3OC[C@@]3(OC(C)=O)[C@H]2[C@H](OC(=O)c2ccccc2)[C@]2(O)C[C@H](OC(=O)[C@H](O)[C@@H](NC(=O)c3ccccc3)c3ccccc3)C(C)=C1C2(C)C. The lowest BCUT2D eigenvalue weighted by atomic mass is 9.44. The van der Waals surface area contributed by atoms with E-state index in [-0.39, 0.29) is 39.7 Å². The van der Waals surface area contributed by atoms with Gasteiger partial charge >= 0.3 is 29.8 Å². The zero-order chi connectivity index (χ0) is 47.9. The number of rotatable bonds is 12. The van der Waals surface area contributed by atoms with Gasteiger partial charge < -0.3 is 44.0 Å². The highest BCUT2D eigenvalue weighted by Gasteiger charge is 2.79. The monoisotopic (exact) mass is 1020 g/mol. The highest BCUT2D eigenvalue weighted by atomic mass is 127. The molecule has 0 spiro atoms. The number of carbonyl (C=O) groups excluding carboxylic acids is 7. The normalized spacial score (nSPS) is 30.5. The van der Waals surface area contributed by atoms with Crippen molar-refractivity contribution in [3.05, 3.63) is 119 Å². The molecule has 3 aromatic rings.